The van der Waals surface area contributed by atoms with Gasteiger partial charge in [0.15, 0.2) is 0 Å². The van der Waals surface area contributed by atoms with E-state index in [4.69, 9.17) is 9.26 Å². The Balaban J connectivity index is 1.36. The second kappa shape index (κ2) is 12.4. The van der Waals surface area contributed by atoms with Crippen LogP contribution in [0.15, 0.2) is 9.42 Å². The summed E-state index contributed by atoms with van der Waals surface area (Å²) >= 11 is 1.50. The number of carbonyl (C=O) groups excluding carboxylic acids is 2. The predicted molar refractivity (Wildman–Crippen MR) is 146 cm³/mol. The minimum absolute atomic E-state index is 0.0632. The Hall–Kier alpha value is -1.74. The third-order valence-electron chi connectivity index (χ3n) is 8.27. The van der Waals surface area contributed by atoms with Gasteiger partial charge in [-0.15, -0.1) is 11.8 Å². The van der Waals surface area contributed by atoms with Crippen LogP contribution in [0, 0.1) is 23.2 Å². The lowest BCUT2D eigenvalue weighted by atomic mass is 9.66. The highest BCUT2D eigenvalue weighted by atomic mass is 32.2. The number of hydrogen-bond acceptors (Lipinski definition) is 7. The van der Waals surface area contributed by atoms with Gasteiger partial charge in [-0.25, -0.2) is 0 Å². The summed E-state index contributed by atoms with van der Waals surface area (Å²) in [5, 5.41) is 14.0. The predicted octanol–water partition coefficient (Wildman–Crippen LogP) is 4.78. The molecule has 3 N–H and O–H groups in total. The first kappa shape index (κ1) is 28.3. The quantitative estimate of drug-likeness (QED) is 0.351. The standard InChI is InChI=1S/C28H46N4O4S/c1-17(2)37-24-23(25(33)31-18(3)21-13-19-8-6-9-20(12-19)14-21)36-32-26(24)35-16-28(4,5)27(34)30-15-22-10-7-11-29-22/h17-22,29H,6-16H2,1-5H3,(H,30,34)(H,31,33)/t18?,19?,20?,21?,22-/m0/s1. The first-order valence-electron chi connectivity index (χ1n) is 14.2. The van der Waals surface area contributed by atoms with Gasteiger partial charge in [0.25, 0.3) is 11.8 Å². The summed E-state index contributed by atoms with van der Waals surface area (Å²) in [6.45, 7) is 11.7. The molecule has 1 aromatic rings. The van der Waals surface area contributed by atoms with E-state index in [0.29, 0.717) is 23.4 Å². The Morgan fingerprint density at radius 3 is 2.51 bits per heavy atom. The SMILES string of the molecule is CC(C)Sc1c(OCC(C)(C)C(=O)NC[C@@H]2CCCN2)noc1C(=O)NC(C)C1CC2CCCC(C2)C1. The maximum absolute atomic E-state index is 13.3. The minimum atomic E-state index is -0.757. The minimum Gasteiger partial charge on any atom is -0.474 e. The Labute approximate surface area is 226 Å². The zero-order chi connectivity index (χ0) is 26.6. The largest absolute Gasteiger partial charge is 0.474 e. The molecule has 0 radical (unpaired) electrons. The zero-order valence-electron chi connectivity index (χ0n) is 23.2. The van der Waals surface area contributed by atoms with Crippen LogP contribution in [-0.2, 0) is 4.79 Å². The van der Waals surface area contributed by atoms with Crippen molar-refractivity contribution in [3.8, 4) is 5.88 Å². The zero-order valence-corrected chi connectivity index (χ0v) is 24.0. The fraction of sp³-hybridized carbons (Fsp3) is 0.821. The molecule has 8 nitrogen and oxygen atoms in total. The molecule has 37 heavy (non-hydrogen) atoms. The van der Waals surface area contributed by atoms with E-state index in [1.807, 2.05) is 13.8 Å². The van der Waals surface area contributed by atoms with Crippen LogP contribution in [0.1, 0.15) is 96.5 Å². The summed E-state index contributed by atoms with van der Waals surface area (Å²) in [7, 11) is 0. The molecule has 208 valence electrons. The molecule has 0 aromatic carbocycles. The van der Waals surface area contributed by atoms with E-state index < -0.39 is 5.41 Å². The molecule has 2 heterocycles. The van der Waals surface area contributed by atoms with Gasteiger partial charge in [0.2, 0.25) is 11.7 Å². The van der Waals surface area contributed by atoms with E-state index in [0.717, 1.165) is 31.2 Å². The summed E-state index contributed by atoms with van der Waals surface area (Å²) in [5.74, 6) is 2.30. The van der Waals surface area contributed by atoms with E-state index in [9.17, 15) is 9.59 Å². The van der Waals surface area contributed by atoms with Crippen LogP contribution >= 0.6 is 11.8 Å². The fourth-order valence-corrected chi connectivity index (χ4v) is 7.03. The highest BCUT2D eigenvalue weighted by Gasteiger charge is 2.36. The Morgan fingerprint density at radius 2 is 1.86 bits per heavy atom. The van der Waals surface area contributed by atoms with Crippen molar-refractivity contribution >= 4 is 23.6 Å². The maximum Gasteiger partial charge on any atom is 0.291 e. The average Bonchev–Trinajstić information content (AvgIpc) is 3.50. The first-order valence-corrected chi connectivity index (χ1v) is 15.1. The lowest BCUT2D eigenvalue weighted by Crippen LogP contribution is -2.45. The molecule has 2 bridgehead atoms. The summed E-state index contributed by atoms with van der Waals surface area (Å²) in [6, 6.07) is 0.418. The van der Waals surface area contributed by atoms with E-state index in [-0.39, 0.29) is 41.4 Å². The first-order chi connectivity index (χ1) is 17.6. The Kier molecular flexibility index (Phi) is 9.48. The van der Waals surface area contributed by atoms with E-state index in [2.05, 4.69) is 41.9 Å². The molecular weight excluding hydrogens is 488 g/mol. The van der Waals surface area contributed by atoms with Crippen molar-refractivity contribution in [2.45, 2.75) is 108 Å². The summed E-state index contributed by atoms with van der Waals surface area (Å²) < 4.78 is 11.6. The number of rotatable bonds is 11. The number of ether oxygens (including phenoxy) is 1. The molecule has 1 aromatic heterocycles. The molecule has 1 saturated heterocycles. The summed E-state index contributed by atoms with van der Waals surface area (Å²) in [4.78, 5) is 26.7. The van der Waals surface area contributed by atoms with Crippen LogP contribution in [0.2, 0.25) is 0 Å². The molecule has 3 aliphatic rings. The molecule has 2 saturated carbocycles. The van der Waals surface area contributed by atoms with Crippen LogP contribution in [0.25, 0.3) is 0 Å². The molecule has 3 unspecified atom stereocenters. The number of nitrogens with zero attached hydrogens (tertiary/aromatic N) is 1. The highest BCUT2D eigenvalue weighted by molar-refractivity contribution is 8.00. The number of thioether (sulfide) groups is 1. The molecule has 9 heteroatoms. The average molecular weight is 535 g/mol. The maximum atomic E-state index is 13.3. The number of carbonyl (C=O) groups is 2. The van der Waals surface area contributed by atoms with Crippen LogP contribution in [0.4, 0.5) is 0 Å². The van der Waals surface area contributed by atoms with Gasteiger partial charge in [-0.3, -0.25) is 9.59 Å². The number of hydrogen-bond donors (Lipinski definition) is 3. The van der Waals surface area contributed by atoms with Crippen LogP contribution < -0.4 is 20.7 Å². The fourth-order valence-electron chi connectivity index (χ4n) is 6.13. The van der Waals surface area contributed by atoms with Gasteiger partial charge in [0, 0.05) is 23.9 Å². The number of amides is 2. The third-order valence-corrected chi connectivity index (χ3v) is 9.33. The van der Waals surface area contributed by atoms with Gasteiger partial charge in [-0.2, -0.15) is 0 Å². The monoisotopic (exact) mass is 534 g/mol. The van der Waals surface area contributed by atoms with Gasteiger partial charge >= 0.3 is 0 Å². The van der Waals surface area contributed by atoms with E-state index >= 15 is 0 Å². The normalized spacial score (nSPS) is 26.6. The summed E-state index contributed by atoms with van der Waals surface area (Å²) in [5.41, 5.74) is -0.757. The second-order valence-electron chi connectivity index (χ2n) is 12.4. The molecule has 0 spiro atoms. The Morgan fingerprint density at radius 1 is 1.14 bits per heavy atom. The van der Waals surface area contributed by atoms with Crippen LogP contribution in [0.3, 0.4) is 0 Å². The lowest BCUT2D eigenvalue weighted by molar-refractivity contribution is -0.131. The van der Waals surface area contributed by atoms with Gasteiger partial charge in [0.1, 0.15) is 11.5 Å². The molecule has 2 aliphatic carbocycles. The van der Waals surface area contributed by atoms with Crippen LogP contribution in [-0.4, -0.2) is 54.0 Å². The number of fused-ring (bicyclic) bond motifs is 2. The van der Waals surface area contributed by atoms with Gasteiger partial charge in [-0.1, -0.05) is 33.1 Å². The van der Waals surface area contributed by atoms with E-state index in [1.54, 1.807) is 0 Å². The van der Waals surface area contributed by atoms with Gasteiger partial charge in [0.05, 0.1) is 5.41 Å². The lowest BCUT2D eigenvalue weighted by Gasteiger charge is -2.41. The van der Waals surface area contributed by atoms with Crippen molar-refractivity contribution in [2.24, 2.45) is 23.2 Å². The highest BCUT2D eigenvalue weighted by Crippen LogP contribution is 2.43. The van der Waals surface area contributed by atoms with Crippen LogP contribution in [0.5, 0.6) is 5.88 Å². The molecular formula is C28H46N4O4S. The van der Waals surface area contributed by atoms with Crippen molar-refractivity contribution < 1.29 is 18.8 Å². The smallest absolute Gasteiger partial charge is 0.291 e. The third kappa shape index (κ3) is 7.43. The van der Waals surface area contributed by atoms with Crippen molar-refractivity contribution in [3.63, 3.8) is 0 Å². The van der Waals surface area contributed by atoms with Crippen molar-refractivity contribution in [2.75, 3.05) is 19.7 Å². The second-order valence-corrected chi connectivity index (χ2v) is 14.0. The molecule has 2 amide bonds. The van der Waals surface area contributed by atoms with Crippen molar-refractivity contribution in [3.05, 3.63) is 5.76 Å². The topological polar surface area (TPSA) is 105 Å². The molecule has 4 rings (SSSR count). The van der Waals surface area contributed by atoms with E-state index in [1.165, 1.54) is 50.3 Å². The van der Waals surface area contributed by atoms with Crippen molar-refractivity contribution in [1.29, 1.82) is 0 Å². The molecule has 4 atom stereocenters. The van der Waals surface area contributed by atoms with Gasteiger partial charge in [-0.05, 0) is 82.3 Å². The Bertz CT molecular complexity index is 915. The van der Waals surface area contributed by atoms with Crippen molar-refractivity contribution in [1.82, 2.24) is 21.1 Å². The summed E-state index contributed by atoms with van der Waals surface area (Å²) in [6.07, 6.45) is 10.0. The number of nitrogens with one attached hydrogen (secondary N) is 3. The molecule has 3 fully saturated rings. The van der Waals surface area contributed by atoms with Gasteiger partial charge < -0.3 is 25.2 Å². The number of aromatic nitrogens is 1. The molecule has 1 aliphatic heterocycles.